The standard InChI is InChI=1S/C15H14N2O3S/c1-2-20-14-5-3-4-13(10-14)17-21(18,19)15-8-6-12(11-16)7-9-15/h3-10,17H,2H2,1H3. The van der Waals surface area contributed by atoms with Crippen LogP contribution in [-0.4, -0.2) is 15.0 Å². The summed E-state index contributed by atoms with van der Waals surface area (Å²) in [6.45, 7) is 2.36. The van der Waals surface area contributed by atoms with E-state index in [0.29, 0.717) is 23.6 Å². The van der Waals surface area contributed by atoms with E-state index in [-0.39, 0.29) is 4.90 Å². The van der Waals surface area contributed by atoms with Crippen LogP contribution in [0.1, 0.15) is 12.5 Å². The first-order chi connectivity index (χ1) is 10.0. The van der Waals surface area contributed by atoms with Crippen molar-refractivity contribution in [2.24, 2.45) is 0 Å². The lowest BCUT2D eigenvalue weighted by atomic mass is 10.2. The maximum absolute atomic E-state index is 12.2. The van der Waals surface area contributed by atoms with Crippen LogP contribution in [-0.2, 0) is 10.0 Å². The molecule has 108 valence electrons. The number of nitrogens with one attached hydrogen (secondary N) is 1. The van der Waals surface area contributed by atoms with Gasteiger partial charge in [-0.2, -0.15) is 5.26 Å². The minimum atomic E-state index is -3.68. The molecular weight excluding hydrogens is 288 g/mol. The first-order valence-corrected chi connectivity index (χ1v) is 7.79. The molecule has 0 aliphatic heterocycles. The third-order valence-corrected chi connectivity index (χ3v) is 4.09. The minimum absolute atomic E-state index is 0.100. The Morgan fingerprint density at radius 2 is 1.90 bits per heavy atom. The average Bonchev–Trinajstić information content (AvgIpc) is 2.47. The molecule has 0 unspecified atom stereocenters. The quantitative estimate of drug-likeness (QED) is 0.921. The van der Waals surface area contributed by atoms with E-state index in [1.807, 2.05) is 13.0 Å². The maximum Gasteiger partial charge on any atom is 0.261 e. The van der Waals surface area contributed by atoms with Crippen molar-refractivity contribution in [2.75, 3.05) is 11.3 Å². The molecule has 2 aromatic rings. The van der Waals surface area contributed by atoms with Crippen LogP contribution in [0.25, 0.3) is 0 Å². The van der Waals surface area contributed by atoms with Crippen LogP contribution in [0.15, 0.2) is 53.4 Å². The number of nitrogens with zero attached hydrogens (tertiary/aromatic N) is 1. The molecule has 0 aliphatic carbocycles. The van der Waals surface area contributed by atoms with E-state index in [4.69, 9.17) is 10.00 Å². The smallest absolute Gasteiger partial charge is 0.261 e. The van der Waals surface area contributed by atoms with Gasteiger partial charge in [0.1, 0.15) is 5.75 Å². The second-order valence-corrected chi connectivity index (χ2v) is 5.88. The van der Waals surface area contributed by atoms with Crippen LogP contribution < -0.4 is 9.46 Å². The lowest BCUT2D eigenvalue weighted by Gasteiger charge is -2.10. The Bertz CT molecular complexity index is 762. The monoisotopic (exact) mass is 302 g/mol. The van der Waals surface area contributed by atoms with Crippen LogP contribution in [0.2, 0.25) is 0 Å². The fraction of sp³-hybridized carbons (Fsp3) is 0.133. The summed E-state index contributed by atoms with van der Waals surface area (Å²) < 4.78 is 32.3. The molecule has 0 saturated heterocycles. The predicted molar refractivity (Wildman–Crippen MR) is 79.6 cm³/mol. The summed E-state index contributed by atoms with van der Waals surface area (Å²) in [7, 11) is -3.68. The van der Waals surface area contributed by atoms with Gasteiger partial charge in [0.2, 0.25) is 0 Å². The number of rotatable bonds is 5. The normalized spacial score (nSPS) is 10.7. The molecule has 21 heavy (non-hydrogen) atoms. The highest BCUT2D eigenvalue weighted by molar-refractivity contribution is 7.92. The molecule has 0 saturated carbocycles. The number of hydrogen-bond donors (Lipinski definition) is 1. The van der Waals surface area contributed by atoms with Crippen LogP contribution in [0.3, 0.4) is 0 Å². The van der Waals surface area contributed by atoms with Crippen molar-refractivity contribution in [2.45, 2.75) is 11.8 Å². The van der Waals surface area contributed by atoms with Crippen molar-refractivity contribution >= 4 is 15.7 Å². The van der Waals surface area contributed by atoms with Gasteiger partial charge in [-0.05, 0) is 43.3 Å². The second kappa shape index (κ2) is 6.29. The first kappa shape index (κ1) is 14.9. The van der Waals surface area contributed by atoms with Crippen LogP contribution in [0.5, 0.6) is 5.75 Å². The summed E-state index contributed by atoms with van der Waals surface area (Å²) >= 11 is 0. The molecular formula is C15H14N2O3S. The summed E-state index contributed by atoms with van der Waals surface area (Å²) in [5, 5.41) is 8.72. The van der Waals surface area contributed by atoms with Crippen molar-refractivity contribution in [1.29, 1.82) is 5.26 Å². The third kappa shape index (κ3) is 3.74. The molecule has 5 nitrogen and oxygen atoms in total. The van der Waals surface area contributed by atoms with E-state index < -0.39 is 10.0 Å². The lowest BCUT2D eigenvalue weighted by molar-refractivity contribution is 0.340. The van der Waals surface area contributed by atoms with Crippen LogP contribution in [0, 0.1) is 11.3 Å². The molecule has 0 bridgehead atoms. The number of sulfonamides is 1. The summed E-state index contributed by atoms with van der Waals surface area (Å²) in [5.41, 5.74) is 0.831. The Morgan fingerprint density at radius 1 is 1.19 bits per heavy atom. The SMILES string of the molecule is CCOc1cccc(NS(=O)(=O)c2ccc(C#N)cc2)c1. The van der Waals surface area contributed by atoms with Gasteiger partial charge in [-0.1, -0.05) is 6.07 Å². The van der Waals surface area contributed by atoms with Crippen molar-refractivity contribution in [3.63, 3.8) is 0 Å². The number of benzene rings is 2. The van der Waals surface area contributed by atoms with Crippen molar-refractivity contribution in [3.05, 3.63) is 54.1 Å². The van der Waals surface area contributed by atoms with Crippen molar-refractivity contribution in [1.82, 2.24) is 0 Å². The summed E-state index contributed by atoms with van der Waals surface area (Å²) in [6.07, 6.45) is 0. The Balaban J connectivity index is 2.24. The molecule has 0 atom stereocenters. The number of hydrogen-bond acceptors (Lipinski definition) is 4. The highest BCUT2D eigenvalue weighted by Gasteiger charge is 2.14. The molecule has 6 heteroatoms. The van der Waals surface area contributed by atoms with Gasteiger partial charge in [0.05, 0.1) is 28.8 Å². The van der Waals surface area contributed by atoms with E-state index in [1.165, 1.54) is 24.3 Å². The highest BCUT2D eigenvalue weighted by Crippen LogP contribution is 2.21. The Hall–Kier alpha value is -2.52. The number of nitriles is 1. The topological polar surface area (TPSA) is 79.2 Å². The summed E-state index contributed by atoms with van der Waals surface area (Å²) in [4.78, 5) is 0.100. The maximum atomic E-state index is 12.2. The summed E-state index contributed by atoms with van der Waals surface area (Å²) in [6, 6.07) is 14.4. The number of anilines is 1. The van der Waals surface area contributed by atoms with Crippen LogP contribution in [0.4, 0.5) is 5.69 Å². The zero-order chi connectivity index (χ0) is 15.3. The largest absolute Gasteiger partial charge is 0.494 e. The van der Waals surface area contributed by atoms with E-state index in [0.717, 1.165) is 0 Å². The zero-order valence-electron chi connectivity index (χ0n) is 11.4. The van der Waals surface area contributed by atoms with E-state index >= 15 is 0 Å². The van der Waals surface area contributed by atoms with Crippen molar-refractivity contribution in [3.8, 4) is 11.8 Å². The molecule has 0 aliphatic rings. The molecule has 0 amide bonds. The lowest BCUT2D eigenvalue weighted by Crippen LogP contribution is -2.12. The molecule has 0 spiro atoms. The third-order valence-electron chi connectivity index (χ3n) is 2.69. The zero-order valence-corrected chi connectivity index (χ0v) is 12.2. The summed E-state index contributed by atoms with van der Waals surface area (Å²) in [5.74, 6) is 0.595. The van der Waals surface area contributed by atoms with Gasteiger partial charge in [0.15, 0.2) is 0 Å². The average molecular weight is 302 g/mol. The molecule has 0 radical (unpaired) electrons. The van der Waals surface area contributed by atoms with Gasteiger partial charge < -0.3 is 4.74 Å². The van der Waals surface area contributed by atoms with Gasteiger partial charge in [-0.3, -0.25) is 4.72 Å². The van der Waals surface area contributed by atoms with Gasteiger partial charge in [0, 0.05) is 6.07 Å². The molecule has 0 fully saturated rings. The van der Waals surface area contributed by atoms with E-state index in [9.17, 15) is 8.42 Å². The van der Waals surface area contributed by atoms with E-state index in [2.05, 4.69) is 4.72 Å². The molecule has 2 rings (SSSR count). The van der Waals surface area contributed by atoms with Gasteiger partial charge >= 0.3 is 0 Å². The predicted octanol–water partition coefficient (Wildman–Crippen LogP) is 2.76. The fourth-order valence-corrected chi connectivity index (χ4v) is 2.79. The van der Waals surface area contributed by atoms with Gasteiger partial charge in [-0.25, -0.2) is 8.42 Å². The molecule has 0 aromatic heterocycles. The Morgan fingerprint density at radius 3 is 2.52 bits per heavy atom. The fourth-order valence-electron chi connectivity index (χ4n) is 1.74. The minimum Gasteiger partial charge on any atom is -0.494 e. The highest BCUT2D eigenvalue weighted by atomic mass is 32.2. The van der Waals surface area contributed by atoms with Crippen LogP contribution >= 0.6 is 0 Å². The van der Waals surface area contributed by atoms with Gasteiger partial charge in [-0.15, -0.1) is 0 Å². The molecule has 0 heterocycles. The second-order valence-electron chi connectivity index (χ2n) is 4.20. The molecule has 2 aromatic carbocycles. The first-order valence-electron chi connectivity index (χ1n) is 6.31. The molecule has 1 N–H and O–H groups in total. The van der Waals surface area contributed by atoms with Crippen molar-refractivity contribution < 1.29 is 13.2 Å². The van der Waals surface area contributed by atoms with E-state index in [1.54, 1.807) is 24.3 Å². The van der Waals surface area contributed by atoms with Gasteiger partial charge in [0.25, 0.3) is 10.0 Å². The Labute approximate surface area is 123 Å². The number of ether oxygens (including phenoxy) is 1. The Kier molecular flexibility index (Phi) is 4.45.